The SMILES string of the molecule is CS(=O)(=O)NC[C@@H]1OC[C@@H]2CN(C(=O)c3ccccn3)CC[C@@H]21. The van der Waals surface area contributed by atoms with Gasteiger partial charge in [-0.05, 0) is 24.5 Å². The van der Waals surface area contributed by atoms with Gasteiger partial charge in [0, 0.05) is 31.7 Å². The minimum absolute atomic E-state index is 0.0539. The summed E-state index contributed by atoms with van der Waals surface area (Å²) in [5.74, 6) is 0.488. The van der Waals surface area contributed by atoms with Gasteiger partial charge in [-0.15, -0.1) is 0 Å². The average molecular weight is 339 g/mol. The quantitative estimate of drug-likeness (QED) is 0.841. The van der Waals surface area contributed by atoms with Gasteiger partial charge in [-0.2, -0.15) is 0 Å². The van der Waals surface area contributed by atoms with Crippen LogP contribution in [0.4, 0.5) is 0 Å². The van der Waals surface area contributed by atoms with Gasteiger partial charge in [-0.1, -0.05) is 6.07 Å². The largest absolute Gasteiger partial charge is 0.376 e. The van der Waals surface area contributed by atoms with Gasteiger partial charge in [-0.3, -0.25) is 9.78 Å². The Hall–Kier alpha value is -1.51. The summed E-state index contributed by atoms with van der Waals surface area (Å²) in [6, 6.07) is 5.31. The lowest BCUT2D eigenvalue weighted by Gasteiger charge is -2.35. The number of amides is 1. The second-order valence-electron chi connectivity index (χ2n) is 6.17. The zero-order chi connectivity index (χ0) is 16.4. The lowest BCUT2D eigenvalue weighted by atomic mass is 9.84. The molecular weight excluding hydrogens is 318 g/mol. The Labute approximate surface area is 136 Å². The summed E-state index contributed by atoms with van der Waals surface area (Å²) in [4.78, 5) is 18.4. The van der Waals surface area contributed by atoms with Crippen LogP contribution in [-0.4, -0.2) is 62.8 Å². The summed E-state index contributed by atoms with van der Waals surface area (Å²) in [6.07, 6.45) is 3.47. The molecule has 0 bridgehead atoms. The number of carbonyl (C=O) groups is 1. The molecule has 0 spiro atoms. The van der Waals surface area contributed by atoms with E-state index in [4.69, 9.17) is 4.74 Å². The molecule has 7 nitrogen and oxygen atoms in total. The molecule has 3 heterocycles. The van der Waals surface area contributed by atoms with Crippen molar-refractivity contribution in [2.24, 2.45) is 11.8 Å². The lowest BCUT2D eigenvalue weighted by Crippen LogP contribution is -2.46. The zero-order valence-electron chi connectivity index (χ0n) is 13.0. The smallest absolute Gasteiger partial charge is 0.272 e. The van der Waals surface area contributed by atoms with Crippen LogP contribution >= 0.6 is 0 Å². The molecule has 1 aromatic rings. The van der Waals surface area contributed by atoms with E-state index in [2.05, 4.69) is 9.71 Å². The van der Waals surface area contributed by atoms with Gasteiger partial charge in [0.2, 0.25) is 10.0 Å². The van der Waals surface area contributed by atoms with E-state index in [0.29, 0.717) is 31.9 Å². The minimum Gasteiger partial charge on any atom is -0.376 e. The zero-order valence-corrected chi connectivity index (χ0v) is 13.8. The summed E-state index contributed by atoms with van der Waals surface area (Å²) in [5, 5.41) is 0. The number of hydrogen-bond donors (Lipinski definition) is 1. The van der Waals surface area contributed by atoms with Crippen LogP contribution in [0.1, 0.15) is 16.9 Å². The van der Waals surface area contributed by atoms with E-state index in [1.165, 1.54) is 0 Å². The summed E-state index contributed by atoms with van der Waals surface area (Å²) in [5.41, 5.74) is 0.458. The molecule has 0 aliphatic carbocycles. The number of sulfonamides is 1. The van der Waals surface area contributed by atoms with E-state index < -0.39 is 10.0 Å². The van der Waals surface area contributed by atoms with Crippen LogP contribution in [0, 0.1) is 11.8 Å². The van der Waals surface area contributed by atoms with Crippen molar-refractivity contribution in [1.29, 1.82) is 0 Å². The maximum atomic E-state index is 12.5. The van der Waals surface area contributed by atoms with Crippen molar-refractivity contribution >= 4 is 15.9 Å². The van der Waals surface area contributed by atoms with Gasteiger partial charge in [-0.25, -0.2) is 13.1 Å². The van der Waals surface area contributed by atoms with Crippen molar-refractivity contribution in [1.82, 2.24) is 14.6 Å². The summed E-state index contributed by atoms with van der Waals surface area (Å²) in [6.45, 7) is 2.14. The third-order valence-corrected chi connectivity index (χ3v) is 5.20. The van der Waals surface area contributed by atoms with Gasteiger partial charge in [0.15, 0.2) is 0 Å². The Morgan fingerprint density at radius 1 is 1.48 bits per heavy atom. The fourth-order valence-corrected chi connectivity index (χ4v) is 3.83. The Morgan fingerprint density at radius 2 is 2.30 bits per heavy atom. The molecule has 0 aromatic carbocycles. The minimum atomic E-state index is -3.21. The van der Waals surface area contributed by atoms with Gasteiger partial charge < -0.3 is 9.64 Å². The Kier molecular flexibility index (Phi) is 4.65. The highest BCUT2D eigenvalue weighted by atomic mass is 32.2. The number of fused-ring (bicyclic) bond motifs is 1. The Bertz CT molecular complexity index is 665. The number of ether oxygens (including phenoxy) is 1. The first-order valence-electron chi connectivity index (χ1n) is 7.70. The number of nitrogens with zero attached hydrogens (tertiary/aromatic N) is 2. The molecule has 2 aliphatic heterocycles. The number of carbonyl (C=O) groups excluding carboxylic acids is 1. The second-order valence-corrected chi connectivity index (χ2v) is 8.00. The summed E-state index contributed by atoms with van der Waals surface area (Å²) >= 11 is 0. The summed E-state index contributed by atoms with van der Waals surface area (Å²) in [7, 11) is -3.21. The predicted octanol–water partition coefficient (Wildman–Crippen LogP) is 0.108. The number of aromatic nitrogens is 1. The molecule has 1 N–H and O–H groups in total. The van der Waals surface area contributed by atoms with Gasteiger partial charge >= 0.3 is 0 Å². The van der Waals surface area contributed by atoms with E-state index in [1.807, 2.05) is 4.90 Å². The monoisotopic (exact) mass is 339 g/mol. The maximum Gasteiger partial charge on any atom is 0.272 e. The number of nitrogens with one attached hydrogen (secondary N) is 1. The third-order valence-electron chi connectivity index (χ3n) is 4.51. The highest BCUT2D eigenvalue weighted by Crippen LogP contribution is 2.34. The number of rotatable bonds is 4. The van der Waals surface area contributed by atoms with Crippen molar-refractivity contribution < 1.29 is 17.9 Å². The van der Waals surface area contributed by atoms with Gasteiger partial charge in [0.05, 0.1) is 19.0 Å². The first-order chi connectivity index (χ1) is 10.9. The van der Waals surface area contributed by atoms with E-state index >= 15 is 0 Å². The Morgan fingerprint density at radius 3 is 3.00 bits per heavy atom. The number of piperidine rings is 1. The van der Waals surface area contributed by atoms with E-state index in [0.717, 1.165) is 12.7 Å². The van der Waals surface area contributed by atoms with E-state index in [-0.39, 0.29) is 23.8 Å². The van der Waals surface area contributed by atoms with Crippen molar-refractivity contribution in [2.45, 2.75) is 12.5 Å². The van der Waals surface area contributed by atoms with E-state index in [1.54, 1.807) is 24.4 Å². The molecular formula is C15H21N3O4S. The molecule has 1 amide bonds. The van der Waals surface area contributed by atoms with Crippen LogP contribution in [0.5, 0.6) is 0 Å². The molecule has 23 heavy (non-hydrogen) atoms. The first kappa shape index (κ1) is 16.4. The molecule has 2 aliphatic rings. The van der Waals surface area contributed by atoms with E-state index in [9.17, 15) is 13.2 Å². The lowest BCUT2D eigenvalue weighted by molar-refractivity contribution is 0.0611. The van der Waals surface area contributed by atoms with Crippen LogP contribution in [0.15, 0.2) is 24.4 Å². The van der Waals surface area contributed by atoms with Crippen LogP contribution in [0.25, 0.3) is 0 Å². The Balaban J connectivity index is 1.59. The highest BCUT2D eigenvalue weighted by molar-refractivity contribution is 7.88. The molecule has 2 saturated heterocycles. The number of likely N-dealkylation sites (tertiary alicyclic amines) is 1. The number of pyridine rings is 1. The second kappa shape index (κ2) is 6.54. The van der Waals surface area contributed by atoms with Gasteiger partial charge in [0.25, 0.3) is 5.91 Å². The normalized spacial score (nSPS) is 27.7. The molecule has 3 rings (SSSR count). The molecule has 1 aromatic heterocycles. The highest BCUT2D eigenvalue weighted by Gasteiger charge is 2.42. The number of hydrogen-bond acceptors (Lipinski definition) is 5. The molecule has 126 valence electrons. The van der Waals surface area contributed by atoms with Crippen molar-refractivity contribution in [3.05, 3.63) is 30.1 Å². The predicted molar refractivity (Wildman–Crippen MR) is 84.3 cm³/mol. The van der Waals surface area contributed by atoms with Crippen LogP contribution in [0.2, 0.25) is 0 Å². The van der Waals surface area contributed by atoms with Crippen molar-refractivity contribution in [2.75, 3.05) is 32.5 Å². The molecule has 8 heteroatoms. The third kappa shape index (κ3) is 3.88. The average Bonchev–Trinajstić information content (AvgIpc) is 2.94. The fraction of sp³-hybridized carbons (Fsp3) is 0.600. The molecule has 0 radical (unpaired) electrons. The van der Waals surface area contributed by atoms with Crippen LogP contribution in [0.3, 0.4) is 0 Å². The first-order valence-corrected chi connectivity index (χ1v) is 9.60. The summed E-state index contributed by atoms with van der Waals surface area (Å²) < 4.78 is 30.7. The van der Waals surface area contributed by atoms with Crippen LogP contribution in [-0.2, 0) is 14.8 Å². The molecule has 2 fully saturated rings. The fourth-order valence-electron chi connectivity index (χ4n) is 3.37. The molecule has 3 atom stereocenters. The van der Waals surface area contributed by atoms with Crippen molar-refractivity contribution in [3.63, 3.8) is 0 Å². The maximum absolute atomic E-state index is 12.5. The standard InChI is InChI=1S/C15H21N3O4S/c1-23(20,21)17-8-14-12-5-7-18(9-11(12)10-22-14)15(19)13-4-2-3-6-16-13/h2-4,6,11-12,14,17H,5,7-10H2,1H3/t11-,12-,14-/m0/s1. The molecule has 0 unspecified atom stereocenters. The topological polar surface area (TPSA) is 88.6 Å². The van der Waals surface area contributed by atoms with Gasteiger partial charge in [0.1, 0.15) is 5.69 Å². The molecule has 0 saturated carbocycles. The van der Waals surface area contributed by atoms with Crippen LogP contribution < -0.4 is 4.72 Å². The van der Waals surface area contributed by atoms with Crippen molar-refractivity contribution in [3.8, 4) is 0 Å².